The molecule has 2 aliphatic rings. The third-order valence-electron chi connectivity index (χ3n) is 6.14. The molecular weight excluding hydrogens is 400 g/mol. The molecule has 2 aromatic carbocycles. The van der Waals surface area contributed by atoms with Crippen molar-refractivity contribution in [2.75, 3.05) is 37.6 Å². The quantitative estimate of drug-likeness (QED) is 0.704. The van der Waals surface area contributed by atoms with Crippen molar-refractivity contribution in [3.8, 4) is 0 Å². The Morgan fingerprint density at radius 2 is 1.58 bits per heavy atom. The molecule has 0 N–H and O–H groups in total. The summed E-state index contributed by atoms with van der Waals surface area (Å²) in [6.45, 7) is 9.56. The van der Waals surface area contributed by atoms with E-state index in [1.165, 1.54) is 0 Å². The lowest BCUT2D eigenvalue weighted by Gasteiger charge is -2.36. The van der Waals surface area contributed by atoms with Gasteiger partial charge in [-0.25, -0.2) is 13.7 Å². The molecule has 0 unspecified atom stereocenters. The van der Waals surface area contributed by atoms with Crippen molar-refractivity contribution in [1.29, 1.82) is 0 Å². The zero-order chi connectivity index (χ0) is 22.3. The van der Waals surface area contributed by atoms with E-state index in [0.29, 0.717) is 18.7 Å². The van der Waals surface area contributed by atoms with Crippen LogP contribution in [-0.2, 0) is 9.59 Å². The van der Waals surface area contributed by atoms with Crippen LogP contribution in [0.2, 0.25) is 0 Å². The minimum atomic E-state index is -0.820. The Labute approximate surface area is 180 Å². The highest BCUT2D eigenvalue weighted by molar-refractivity contribution is 6.45. The van der Waals surface area contributed by atoms with E-state index < -0.39 is 23.4 Å². The van der Waals surface area contributed by atoms with Gasteiger partial charge in [0, 0.05) is 32.2 Å². The van der Waals surface area contributed by atoms with E-state index in [2.05, 4.69) is 11.8 Å². The van der Waals surface area contributed by atoms with Crippen LogP contribution in [0.3, 0.4) is 0 Å². The zero-order valence-electron chi connectivity index (χ0n) is 17.9. The van der Waals surface area contributed by atoms with Gasteiger partial charge in [0.1, 0.15) is 17.3 Å². The number of rotatable bonds is 4. The van der Waals surface area contributed by atoms with Crippen LogP contribution in [0, 0.1) is 25.5 Å². The summed E-state index contributed by atoms with van der Waals surface area (Å²) >= 11 is 0. The number of amides is 2. The minimum absolute atomic E-state index is 0.238. The van der Waals surface area contributed by atoms with Crippen molar-refractivity contribution in [3.05, 3.63) is 70.4 Å². The summed E-state index contributed by atoms with van der Waals surface area (Å²) in [5.41, 5.74) is 2.78. The van der Waals surface area contributed by atoms with E-state index in [0.717, 1.165) is 53.9 Å². The molecule has 0 aliphatic carbocycles. The molecule has 4 rings (SSSR count). The van der Waals surface area contributed by atoms with Crippen molar-refractivity contribution in [1.82, 2.24) is 9.80 Å². The van der Waals surface area contributed by atoms with Crippen LogP contribution >= 0.6 is 0 Å². The highest BCUT2D eigenvalue weighted by Crippen LogP contribution is 2.36. The van der Waals surface area contributed by atoms with Gasteiger partial charge in [0.25, 0.3) is 11.8 Å². The minimum Gasteiger partial charge on any atom is -0.364 e. The van der Waals surface area contributed by atoms with Gasteiger partial charge in [-0.2, -0.15) is 0 Å². The first-order valence-electron chi connectivity index (χ1n) is 10.4. The average molecular weight is 425 g/mol. The molecule has 0 bridgehead atoms. The van der Waals surface area contributed by atoms with Crippen LogP contribution in [-0.4, -0.2) is 54.3 Å². The third kappa shape index (κ3) is 3.74. The van der Waals surface area contributed by atoms with Crippen LogP contribution < -0.4 is 4.90 Å². The number of piperazine rings is 1. The molecular formula is C24H25F2N3O2. The van der Waals surface area contributed by atoms with Gasteiger partial charge in [0.2, 0.25) is 0 Å². The highest BCUT2D eigenvalue weighted by atomic mass is 19.1. The lowest BCUT2D eigenvalue weighted by molar-refractivity contribution is -0.120. The predicted molar refractivity (Wildman–Crippen MR) is 115 cm³/mol. The molecule has 2 amide bonds. The van der Waals surface area contributed by atoms with E-state index >= 15 is 0 Å². The number of hydrogen-bond acceptors (Lipinski definition) is 4. The average Bonchev–Trinajstić information content (AvgIpc) is 3.02. The fourth-order valence-corrected chi connectivity index (χ4v) is 4.13. The van der Waals surface area contributed by atoms with Gasteiger partial charge < -0.3 is 9.80 Å². The first kappa shape index (κ1) is 21.2. The maximum atomic E-state index is 14.5. The normalized spacial score (nSPS) is 17.8. The third-order valence-corrected chi connectivity index (χ3v) is 6.14. The van der Waals surface area contributed by atoms with Crippen LogP contribution in [0.15, 0.2) is 42.1 Å². The van der Waals surface area contributed by atoms with Gasteiger partial charge in [-0.15, -0.1) is 0 Å². The summed E-state index contributed by atoms with van der Waals surface area (Å²) in [5, 5.41) is 0. The fraction of sp³-hybridized carbons (Fsp3) is 0.333. The molecule has 2 aromatic rings. The molecule has 162 valence electrons. The molecule has 0 radical (unpaired) electrons. The Balaban J connectivity index is 1.83. The summed E-state index contributed by atoms with van der Waals surface area (Å²) in [7, 11) is 0. The Morgan fingerprint density at radius 1 is 0.871 bits per heavy atom. The van der Waals surface area contributed by atoms with E-state index in [-0.39, 0.29) is 17.0 Å². The second kappa shape index (κ2) is 8.23. The van der Waals surface area contributed by atoms with Crippen molar-refractivity contribution >= 4 is 23.1 Å². The van der Waals surface area contributed by atoms with Gasteiger partial charge in [-0.3, -0.25) is 9.59 Å². The monoisotopic (exact) mass is 425 g/mol. The Hall–Kier alpha value is -3.06. The second-order valence-corrected chi connectivity index (χ2v) is 7.99. The number of carbonyl (C=O) groups is 2. The van der Waals surface area contributed by atoms with E-state index in [1.807, 2.05) is 30.9 Å². The van der Waals surface area contributed by atoms with E-state index in [4.69, 9.17) is 0 Å². The topological polar surface area (TPSA) is 43.9 Å². The highest BCUT2D eigenvalue weighted by Gasteiger charge is 2.44. The summed E-state index contributed by atoms with van der Waals surface area (Å²) in [6.07, 6.45) is 0. The second-order valence-electron chi connectivity index (χ2n) is 7.99. The van der Waals surface area contributed by atoms with Gasteiger partial charge in [0.05, 0.1) is 11.3 Å². The Bertz CT molecular complexity index is 1090. The summed E-state index contributed by atoms with van der Waals surface area (Å²) in [5.74, 6) is -2.78. The number of likely N-dealkylation sites (N-methyl/N-ethyl adjacent to an activating group) is 1. The molecule has 1 fully saturated rings. The molecule has 1 saturated heterocycles. The number of nitrogens with zero attached hydrogens (tertiary/aromatic N) is 3. The largest absolute Gasteiger partial charge is 0.364 e. The number of halogens is 2. The van der Waals surface area contributed by atoms with Gasteiger partial charge in [0.15, 0.2) is 0 Å². The van der Waals surface area contributed by atoms with E-state index in [9.17, 15) is 18.4 Å². The zero-order valence-corrected chi connectivity index (χ0v) is 17.9. The Morgan fingerprint density at radius 3 is 2.23 bits per heavy atom. The molecule has 0 atom stereocenters. The van der Waals surface area contributed by atoms with Crippen molar-refractivity contribution < 1.29 is 18.4 Å². The number of anilines is 1. The SMILES string of the molecule is CCN1CCN(C2=C(c3ccc(C)c(C)c3)C(=O)N(c3cc(F)ccc3F)C2=O)CC1. The van der Waals surface area contributed by atoms with Crippen molar-refractivity contribution in [3.63, 3.8) is 0 Å². The maximum absolute atomic E-state index is 14.5. The van der Waals surface area contributed by atoms with Gasteiger partial charge in [-0.1, -0.05) is 25.1 Å². The molecule has 0 aromatic heterocycles. The summed E-state index contributed by atoms with van der Waals surface area (Å²) in [4.78, 5) is 31.9. The van der Waals surface area contributed by atoms with Crippen LogP contribution in [0.5, 0.6) is 0 Å². The molecule has 31 heavy (non-hydrogen) atoms. The molecule has 7 heteroatoms. The molecule has 5 nitrogen and oxygen atoms in total. The molecule has 0 saturated carbocycles. The summed E-state index contributed by atoms with van der Waals surface area (Å²) < 4.78 is 28.4. The van der Waals surface area contributed by atoms with Crippen molar-refractivity contribution in [2.45, 2.75) is 20.8 Å². The molecule has 2 aliphatic heterocycles. The number of hydrogen-bond donors (Lipinski definition) is 0. The van der Waals surface area contributed by atoms with Crippen molar-refractivity contribution in [2.24, 2.45) is 0 Å². The molecule has 0 spiro atoms. The van der Waals surface area contributed by atoms with E-state index in [1.54, 1.807) is 6.07 Å². The van der Waals surface area contributed by atoms with Gasteiger partial charge >= 0.3 is 0 Å². The number of imide groups is 1. The number of aryl methyl sites for hydroxylation is 2. The maximum Gasteiger partial charge on any atom is 0.282 e. The lowest BCUT2D eigenvalue weighted by atomic mass is 9.99. The number of carbonyl (C=O) groups excluding carboxylic acids is 2. The fourth-order valence-electron chi connectivity index (χ4n) is 4.13. The first-order chi connectivity index (χ1) is 14.8. The predicted octanol–water partition coefficient (Wildman–Crippen LogP) is 3.50. The standard InChI is InChI=1S/C24H25F2N3O2/c1-4-27-9-11-28(12-10-27)22-21(17-6-5-15(2)16(3)13-17)23(30)29(24(22)31)20-14-18(25)7-8-19(20)26/h5-8,13-14H,4,9-12H2,1-3H3. The smallest absolute Gasteiger partial charge is 0.282 e. The number of benzene rings is 2. The van der Waals surface area contributed by atoms with Crippen LogP contribution in [0.4, 0.5) is 14.5 Å². The summed E-state index contributed by atoms with van der Waals surface area (Å²) in [6, 6.07) is 8.35. The van der Waals surface area contributed by atoms with Gasteiger partial charge in [-0.05, 0) is 49.2 Å². The Kier molecular flexibility index (Phi) is 5.62. The molecule has 2 heterocycles. The first-order valence-corrected chi connectivity index (χ1v) is 10.4. The van der Waals surface area contributed by atoms with Crippen LogP contribution in [0.25, 0.3) is 5.57 Å². The lowest BCUT2D eigenvalue weighted by Crippen LogP contribution is -2.47. The van der Waals surface area contributed by atoms with Crippen LogP contribution in [0.1, 0.15) is 23.6 Å².